The zero-order valence-electron chi connectivity index (χ0n) is 11.1. The van der Waals surface area contributed by atoms with Gasteiger partial charge >= 0.3 is 0 Å². The minimum atomic E-state index is -0.148. The third kappa shape index (κ3) is 2.93. The molecule has 0 amide bonds. The summed E-state index contributed by atoms with van der Waals surface area (Å²) in [6, 6.07) is 4.09. The van der Waals surface area contributed by atoms with Crippen molar-refractivity contribution in [1.29, 1.82) is 0 Å². The van der Waals surface area contributed by atoms with Crippen molar-refractivity contribution in [3.8, 4) is 0 Å². The standard InChI is InChI=1S/C14H19BrN2O2/c1-11-8-17(13-4-3-12(15)7-16-13)9-14(19-11)5-2-6-18-10-14/h3-4,7,11H,2,5-6,8-10H2,1H3/t11-,14-/m1/s1. The molecule has 1 aromatic heterocycles. The van der Waals surface area contributed by atoms with Gasteiger partial charge in [-0.25, -0.2) is 4.98 Å². The Hall–Kier alpha value is -0.650. The van der Waals surface area contributed by atoms with Crippen molar-refractivity contribution >= 4 is 21.7 Å². The fraction of sp³-hybridized carbons (Fsp3) is 0.643. The number of aromatic nitrogens is 1. The third-order valence-electron chi connectivity index (χ3n) is 3.73. The Bertz CT molecular complexity index is 432. The maximum absolute atomic E-state index is 6.19. The van der Waals surface area contributed by atoms with Gasteiger partial charge in [-0.1, -0.05) is 0 Å². The van der Waals surface area contributed by atoms with Crippen LogP contribution in [0.4, 0.5) is 5.82 Å². The van der Waals surface area contributed by atoms with Gasteiger partial charge in [-0.15, -0.1) is 0 Å². The van der Waals surface area contributed by atoms with Gasteiger partial charge in [-0.05, 0) is 47.8 Å². The van der Waals surface area contributed by atoms with Crippen molar-refractivity contribution in [3.63, 3.8) is 0 Å². The number of pyridine rings is 1. The fourth-order valence-electron chi connectivity index (χ4n) is 3.00. The Morgan fingerprint density at radius 2 is 2.37 bits per heavy atom. The molecule has 5 heteroatoms. The number of halogens is 1. The summed E-state index contributed by atoms with van der Waals surface area (Å²) >= 11 is 3.43. The summed E-state index contributed by atoms with van der Waals surface area (Å²) in [4.78, 5) is 6.81. The molecular formula is C14H19BrN2O2. The molecule has 1 aromatic rings. The normalized spacial score (nSPS) is 31.7. The second-order valence-corrected chi connectivity index (χ2v) is 6.40. The molecule has 3 heterocycles. The maximum atomic E-state index is 6.19. The highest BCUT2D eigenvalue weighted by atomic mass is 79.9. The van der Waals surface area contributed by atoms with Crippen molar-refractivity contribution in [2.75, 3.05) is 31.2 Å². The van der Waals surface area contributed by atoms with Gasteiger partial charge in [0.2, 0.25) is 0 Å². The minimum absolute atomic E-state index is 0.148. The zero-order chi connectivity index (χ0) is 13.3. The quantitative estimate of drug-likeness (QED) is 0.794. The van der Waals surface area contributed by atoms with Crippen LogP contribution in [0.25, 0.3) is 0 Å². The average molecular weight is 327 g/mol. The topological polar surface area (TPSA) is 34.6 Å². The Kier molecular flexibility index (Phi) is 3.78. The van der Waals surface area contributed by atoms with E-state index in [9.17, 15) is 0 Å². The number of rotatable bonds is 1. The van der Waals surface area contributed by atoms with E-state index < -0.39 is 0 Å². The zero-order valence-corrected chi connectivity index (χ0v) is 12.7. The van der Waals surface area contributed by atoms with Gasteiger partial charge in [-0.2, -0.15) is 0 Å². The number of hydrogen-bond donors (Lipinski definition) is 0. The molecule has 0 aliphatic carbocycles. The summed E-state index contributed by atoms with van der Waals surface area (Å²) in [6.45, 7) is 5.43. The predicted octanol–water partition coefficient (Wildman–Crippen LogP) is 2.62. The van der Waals surface area contributed by atoms with E-state index in [0.717, 1.165) is 42.8 Å². The van der Waals surface area contributed by atoms with E-state index in [4.69, 9.17) is 9.47 Å². The Balaban J connectivity index is 1.80. The molecule has 3 rings (SSSR count). The van der Waals surface area contributed by atoms with E-state index in [1.807, 2.05) is 12.3 Å². The van der Waals surface area contributed by atoms with Crippen LogP contribution >= 0.6 is 15.9 Å². The number of nitrogens with zero attached hydrogens (tertiary/aromatic N) is 2. The highest BCUT2D eigenvalue weighted by molar-refractivity contribution is 9.10. The number of ether oxygens (including phenoxy) is 2. The first kappa shape index (κ1) is 13.3. The Morgan fingerprint density at radius 3 is 3.05 bits per heavy atom. The third-order valence-corrected chi connectivity index (χ3v) is 4.20. The molecular weight excluding hydrogens is 308 g/mol. The molecule has 2 fully saturated rings. The smallest absolute Gasteiger partial charge is 0.128 e. The van der Waals surface area contributed by atoms with Crippen LogP contribution in [0, 0.1) is 0 Å². The number of anilines is 1. The predicted molar refractivity (Wildman–Crippen MR) is 77.5 cm³/mol. The van der Waals surface area contributed by atoms with Gasteiger partial charge in [0.05, 0.1) is 19.3 Å². The summed E-state index contributed by atoms with van der Waals surface area (Å²) in [5.41, 5.74) is -0.148. The molecule has 0 saturated carbocycles. The van der Waals surface area contributed by atoms with Crippen LogP contribution in [-0.2, 0) is 9.47 Å². The van der Waals surface area contributed by atoms with Gasteiger partial charge in [0, 0.05) is 23.8 Å². The largest absolute Gasteiger partial charge is 0.378 e. The lowest BCUT2D eigenvalue weighted by molar-refractivity contribution is -0.160. The lowest BCUT2D eigenvalue weighted by atomic mass is 9.93. The summed E-state index contributed by atoms with van der Waals surface area (Å²) in [6.07, 6.45) is 4.21. The van der Waals surface area contributed by atoms with Gasteiger partial charge in [0.1, 0.15) is 11.4 Å². The summed E-state index contributed by atoms with van der Waals surface area (Å²) in [5.74, 6) is 1.02. The van der Waals surface area contributed by atoms with Crippen LogP contribution in [0.5, 0.6) is 0 Å². The van der Waals surface area contributed by atoms with Crippen LogP contribution in [0.3, 0.4) is 0 Å². The Labute approximate surface area is 122 Å². The molecule has 104 valence electrons. The van der Waals surface area contributed by atoms with Crippen molar-refractivity contribution in [2.24, 2.45) is 0 Å². The van der Waals surface area contributed by atoms with E-state index in [-0.39, 0.29) is 11.7 Å². The second-order valence-electron chi connectivity index (χ2n) is 5.48. The first-order valence-corrected chi connectivity index (χ1v) is 7.58. The molecule has 2 saturated heterocycles. The van der Waals surface area contributed by atoms with Gasteiger partial charge < -0.3 is 14.4 Å². The molecule has 4 nitrogen and oxygen atoms in total. The summed E-state index contributed by atoms with van der Waals surface area (Å²) in [7, 11) is 0. The molecule has 2 aliphatic heterocycles. The average Bonchev–Trinajstić information content (AvgIpc) is 2.39. The monoisotopic (exact) mass is 326 g/mol. The lowest BCUT2D eigenvalue weighted by Gasteiger charge is -2.47. The first-order chi connectivity index (χ1) is 9.17. The number of hydrogen-bond acceptors (Lipinski definition) is 4. The van der Waals surface area contributed by atoms with Crippen LogP contribution < -0.4 is 4.90 Å². The molecule has 0 unspecified atom stereocenters. The van der Waals surface area contributed by atoms with E-state index in [1.54, 1.807) is 0 Å². The minimum Gasteiger partial charge on any atom is -0.378 e. The van der Waals surface area contributed by atoms with Crippen molar-refractivity contribution in [1.82, 2.24) is 4.98 Å². The fourth-order valence-corrected chi connectivity index (χ4v) is 3.23. The van der Waals surface area contributed by atoms with Gasteiger partial charge in [0.15, 0.2) is 0 Å². The van der Waals surface area contributed by atoms with E-state index >= 15 is 0 Å². The van der Waals surface area contributed by atoms with Crippen molar-refractivity contribution < 1.29 is 9.47 Å². The number of morpholine rings is 1. The van der Waals surface area contributed by atoms with Gasteiger partial charge in [-0.3, -0.25) is 0 Å². The summed E-state index contributed by atoms with van der Waals surface area (Å²) in [5, 5.41) is 0. The summed E-state index contributed by atoms with van der Waals surface area (Å²) < 4.78 is 12.8. The van der Waals surface area contributed by atoms with Crippen LogP contribution in [0.2, 0.25) is 0 Å². The van der Waals surface area contributed by atoms with Crippen LogP contribution in [0.1, 0.15) is 19.8 Å². The molecule has 0 aromatic carbocycles. The van der Waals surface area contributed by atoms with E-state index in [2.05, 4.69) is 38.8 Å². The molecule has 0 bridgehead atoms. The molecule has 2 aliphatic rings. The second kappa shape index (κ2) is 5.38. The molecule has 2 atom stereocenters. The van der Waals surface area contributed by atoms with Crippen LogP contribution in [0.15, 0.2) is 22.8 Å². The lowest BCUT2D eigenvalue weighted by Crippen LogP contribution is -2.58. The Morgan fingerprint density at radius 1 is 1.47 bits per heavy atom. The molecule has 1 spiro atoms. The first-order valence-electron chi connectivity index (χ1n) is 6.79. The van der Waals surface area contributed by atoms with Crippen molar-refractivity contribution in [3.05, 3.63) is 22.8 Å². The van der Waals surface area contributed by atoms with E-state index in [1.165, 1.54) is 0 Å². The molecule has 0 N–H and O–H groups in total. The van der Waals surface area contributed by atoms with Crippen molar-refractivity contribution in [2.45, 2.75) is 31.5 Å². The molecule has 19 heavy (non-hydrogen) atoms. The van der Waals surface area contributed by atoms with Gasteiger partial charge in [0.25, 0.3) is 0 Å². The SMILES string of the molecule is C[C@@H]1CN(c2ccc(Br)cn2)C[C@@]2(CCCOC2)O1. The van der Waals surface area contributed by atoms with E-state index in [0.29, 0.717) is 6.61 Å². The molecule has 0 radical (unpaired) electrons. The highest BCUT2D eigenvalue weighted by Crippen LogP contribution is 2.32. The maximum Gasteiger partial charge on any atom is 0.128 e. The highest BCUT2D eigenvalue weighted by Gasteiger charge is 2.41. The van der Waals surface area contributed by atoms with Crippen LogP contribution in [-0.4, -0.2) is 43.0 Å².